The van der Waals surface area contributed by atoms with Crippen LogP contribution in [0.1, 0.15) is 53.4 Å². The van der Waals surface area contributed by atoms with E-state index in [9.17, 15) is 8.42 Å². The van der Waals surface area contributed by atoms with Crippen LogP contribution in [0.5, 0.6) is 0 Å². The van der Waals surface area contributed by atoms with Gasteiger partial charge >= 0.3 is 0 Å². The number of sulfone groups is 1. The Balaban J connectivity index is 2.45. The fraction of sp³-hybridized carbons (Fsp3) is 1.00. The second-order valence-electron chi connectivity index (χ2n) is 6.44. The predicted molar refractivity (Wildman–Crippen MR) is 73.0 cm³/mol. The van der Waals surface area contributed by atoms with Gasteiger partial charge in [-0.1, -0.05) is 19.8 Å². The summed E-state index contributed by atoms with van der Waals surface area (Å²) in [6, 6.07) is 0. The van der Waals surface area contributed by atoms with Gasteiger partial charge in [0.1, 0.15) is 0 Å². The van der Waals surface area contributed by atoms with Gasteiger partial charge in [-0.3, -0.25) is 0 Å². The lowest BCUT2D eigenvalue weighted by Crippen LogP contribution is -2.40. The molecule has 102 valence electrons. The van der Waals surface area contributed by atoms with Crippen molar-refractivity contribution in [2.45, 2.75) is 64.2 Å². The highest BCUT2D eigenvalue weighted by atomic mass is 32.2. The van der Waals surface area contributed by atoms with Crippen LogP contribution in [0.3, 0.4) is 0 Å². The fourth-order valence-corrected chi connectivity index (χ4v) is 4.31. The summed E-state index contributed by atoms with van der Waals surface area (Å²) in [6.45, 7) is 8.90. The zero-order valence-electron chi connectivity index (χ0n) is 11.6. The standard InChI is InChI=1S/C13H27NO2S/c1-11-6-5-7-12(10-11)17(15,16)9-8-14-13(2,3)4/h11-12,14H,5-10H2,1-4H3. The number of nitrogens with one attached hydrogen (secondary N) is 1. The lowest BCUT2D eigenvalue weighted by atomic mass is 9.91. The number of hydrogen-bond acceptors (Lipinski definition) is 3. The van der Waals surface area contributed by atoms with E-state index in [1.165, 1.54) is 6.42 Å². The van der Waals surface area contributed by atoms with Crippen LogP contribution in [0.4, 0.5) is 0 Å². The van der Waals surface area contributed by atoms with Crippen LogP contribution in [0.2, 0.25) is 0 Å². The van der Waals surface area contributed by atoms with E-state index in [1.807, 2.05) is 0 Å². The summed E-state index contributed by atoms with van der Waals surface area (Å²) in [5, 5.41) is 3.16. The lowest BCUT2D eigenvalue weighted by molar-refractivity contribution is 0.380. The van der Waals surface area contributed by atoms with Gasteiger partial charge in [-0.2, -0.15) is 0 Å². The molecule has 0 aromatic carbocycles. The number of rotatable bonds is 4. The Bertz CT molecular complexity index is 330. The normalized spacial score (nSPS) is 27.1. The monoisotopic (exact) mass is 261 g/mol. The minimum absolute atomic E-state index is 0.00459. The molecule has 2 unspecified atom stereocenters. The van der Waals surface area contributed by atoms with Gasteiger partial charge in [0.2, 0.25) is 0 Å². The van der Waals surface area contributed by atoms with Crippen molar-refractivity contribution in [3.05, 3.63) is 0 Å². The van der Waals surface area contributed by atoms with Crippen molar-refractivity contribution < 1.29 is 8.42 Å². The molecule has 0 aromatic rings. The molecule has 0 radical (unpaired) electrons. The van der Waals surface area contributed by atoms with Crippen LogP contribution < -0.4 is 5.32 Å². The van der Waals surface area contributed by atoms with Crippen molar-refractivity contribution in [1.82, 2.24) is 5.32 Å². The Morgan fingerprint density at radius 2 is 1.88 bits per heavy atom. The average molecular weight is 261 g/mol. The zero-order chi connectivity index (χ0) is 13.1. The van der Waals surface area contributed by atoms with Crippen LogP contribution in [0.25, 0.3) is 0 Å². The largest absolute Gasteiger partial charge is 0.311 e. The molecule has 2 atom stereocenters. The van der Waals surface area contributed by atoms with Crippen LogP contribution in [-0.2, 0) is 9.84 Å². The first-order valence-corrected chi connectivity index (χ1v) is 8.39. The molecule has 0 aromatic heterocycles. The Morgan fingerprint density at radius 3 is 2.41 bits per heavy atom. The molecule has 0 bridgehead atoms. The second-order valence-corrected chi connectivity index (χ2v) is 8.84. The van der Waals surface area contributed by atoms with E-state index in [0.717, 1.165) is 19.3 Å². The molecule has 1 aliphatic rings. The van der Waals surface area contributed by atoms with Crippen molar-refractivity contribution in [1.29, 1.82) is 0 Å². The summed E-state index contributed by atoms with van der Waals surface area (Å²) in [5.74, 6) is 0.848. The SMILES string of the molecule is CC1CCCC(S(=O)(=O)CCNC(C)(C)C)C1. The first kappa shape index (κ1) is 15.0. The third kappa shape index (κ3) is 5.38. The van der Waals surface area contributed by atoms with Gasteiger partial charge in [0.15, 0.2) is 9.84 Å². The van der Waals surface area contributed by atoms with E-state index in [-0.39, 0.29) is 16.5 Å². The zero-order valence-corrected chi connectivity index (χ0v) is 12.4. The minimum Gasteiger partial charge on any atom is -0.311 e. The molecule has 0 spiro atoms. The van der Waals surface area contributed by atoms with Crippen LogP contribution in [0, 0.1) is 5.92 Å². The van der Waals surface area contributed by atoms with Gasteiger partial charge in [0, 0.05) is 12.1 Å². The van der Waals surface area contributed by atoms with Gasteiger partial charge in [0.25, 0.3) is 0 Å². The highest BCUT2D eigenvalue weighted by Crippen LogP contribution is 2.28. The fourth-order valence-electron chi connectivity index (χ4n) is 2.44. The molecule has 1 aliphatic carbocycles. The van der Waals surface area contributed by atoms with E-state index in [4.69, 9.17) is 0 Å². The highest BCUT2D eigenvalue weighted by molar-refractivity contribution is 7.92. The van der Waals surface area contributed by atoms with E-state index in [1.54, 1.807) is 0 Å². The quantitative estimate of drug-likeness (QED) is 0.845. The topological polar surface area (TPSA) is 46.2 Å². The summed E-state index contributed by atoms with van der Waals surface area (Å²) in [4.78, 5) is 0. The maximum absolute atomic E-state index is 12.2. The van der Waals surface area contributed by atoms with E-state index >= 15 is 0 Å². The minimum atomic E-state index is -2.90. The van der Waals surface area contributed by atoms with Crippen molar-refractivity contribution in [2.75, 3.05) is 12.3 Å². The third-order valence-corrected chi connectivity index (χ3v) is 5.66. The number of hydrogen-bond donors (Lipinski definition) is 1. The maximum atomic E-state index is 12.2. The van der Waals surface area contributed by atoms with Crippen LogP contribution >= 0.6 is 0 Å². The predicted octanol–water partition coefficient (Wildman–Crippen LogP) is 2.37. The molecule has 0 saturated heterocycles. The molecule has 17 heavy (non-hydrogen) atoms. The summed E-state index contributed by atoms with van der Waals surface area (Å²) >= 11 is 0. The van der Waals surface area contributed by atoms with Gasteiger partial charge in [-0.15, -0.1) is 0 Å². The Labute approximate surface area is 106 Å². The maximum Gasteiger partial charge on any atom is 0.154 e. The molecular formula is C13H27NO2S. The second kappa shape index (κ2) is 5.70. The summed E-state index contributed by atoms with van der Waals surface area (Å²) in [6.07, 6.45) is 3.98. The van der Waals surface area contributed by atoms with E-state index in [0.29, 0.717) is 12.5 Å². The van der Waals surface area contributed by atoms with Gasteiger partial charge in [0.05, 0.1) is 11.0 Å². The first-order valence-electron chi connectivity index (χ1n) is 6.67. The van der Waals surface area contributed by atoms with Gasteiger partial charge in [-0.05, 0) is 39.5 Å². The van der Waals surface area contributed by atoms with Crippen molar-refractivity contribution in [3.63, 3.8) is 0 Å². The Kier molecular flexibility index (Phi) is 5.02. The molecule has 3 nitrogen and oxygen atoms in total. The molecular weight excluding hydrogens is 234 g/mol. The highest BCUT2D eigenvalue weighted by Gasteiger charge is 2.29. The molecule has 1 saturated carbocycles. The van der Waals surface area contributed by atoms with Crippen LogP contribution in [0.15, 0.2) is 0 Å². The molecule has 0 amide bonds. The summed E-state index contributed by atoms with van der Waals surface area (Å²) in [5.41, 5.74) is -0.00459. The first-order chi connectivity index (χ1) is 7.71. The van der Waals surface area contributed by atoms with Gasteiger partial charge < -0.3 is 5.32 Å². The third-order valence-electron chi connectivity index (χ3n) is 3.44. The molecule has 4 heteroatoms. The molecule has 1 N–H and O–H groups in total. The molecule has 0 heterocycles. The van der Waals surface area contributed by atoms with Gasteiger partial charge in [-0.25, -0.2) is 8.42 Å². The van der Waals surface area contributed by atoms with Crippen molar-refractivity contribution in [2.24, 2.45) is 5.92 Å². The Morgan fingerprint density at radius 1 is 1.24 bits per heavy atom. The Hall–Kier alpha value is -0.0900. The van der Waals surface area contributed by atoms with E-state index < -0.39 is 9.84 Å². The summed E-state index contributed by atoms with van der Waals surface area (Å²) in [7, 11) is -2.90. The smallest absolute Gasteiger partial charge is 0.154 e. The molecule has 1 fully saturated rings. The molecule has 1 rings (SSSR count). The van der Waals surface area contributed by atoms with Crippen molar-refractivity contribution >= 4 is 9.84 Å². The average Bonchev–Trinajstić information content (AvgIpc) is 2.15. The van der Waals surface area contributed by atoms with Crippen LogP contribution in [-0.4, -0.2) is 31.5 Å². The molecule has 0 aliphatic heterocycles. The summed E-state index contributed by atoms with van der Waals surface area (Å²) < 4.78 is 24.4. The lowest BCUT2D eigenvalue weighted by Gasteiger charge is -2.27. The van der Waals surface area contributed by atoms with E-state index in [2.05, 4.69) is 33.0 Å². The van der Waals surface area contributed by atoms with Crippen molar-refractivity contribution in [3.8, 4) is 0 Å².